The highest BCUT2D eigenvalue weighted by Gasteiger charge is 2.13. The maximum atomic E-state index is 5.18. The lowest BCUT2D eigenvalue weighted by Gasteiger charge is -2.10. The monoisotopic (exact) mass is 272 g/mol. The van der Waals surface area contributed by atoms with Crippen molar-refractivity contribution in [3.05, 3.63) is 41.3 Å². The highest BCUT2D eigenvalue weighted by molar-refractivity contribution is 9.10. The van der Waals surface area contributed by atoms with Crippen LogP contribution in [-0.4, -0.2) is 12.0 Å². The average molecular weight is 273 g/mol. The molecule has 0 aromatic heterocycles. The second-order valence-corrected chi connectivity index (χ2v) is 4.63. The van der Waals surface area contributed by atoms with E-state index in [-0.39, 0.29) is 6.29 Å². The van der Waals surface area contributed by atoms with Crippen LogP contribution in [-0.2, 0) is 9.47 Å². The van der Waals surface area contributed by atoms with Crippen molar-refractivity contribution in [1.82, 2.24) is 0 Å². The molecule has 1 aromatic rings. The predicted molar refractivity (Wildman–Crippen MR) is 60.0 cm³/mol. The molecular weight excluding hydrogens is 264 g/mol. The number of ether oxygens (including phenoxy) is 2. The van der Waals surface area contributed by atoms with Crippen LogP contribution >= 0.6 is 27.7 Å². The van der Waals surface area contributed by atoms with E-state index < -0.39 is 0 Å². The zero-order valence-electron chi connectivity index (χ0n) is 7.35. The van der Waals surface area contributed by atoms with Crippen molar-refractivity contribution in [3.63, 3.8) is 0 Å². The molecule has 1 heterocycles. The number of halogens is 1. The molecule has 1 aliphatic rings. The van der Waals surface area contributed by atoms with Crippen LogP contribution in [0.1, 0.15) is 0 Å². The quantitative estimate of drug-likeness (QED) is 0.786. The van der Waals surface area contributed by atoms with Gasteiger partial charge in [0.25, 0.3) is 0 Å². The van der Waals surface area contributed by atoms with Crippen LogP contribution in [0.3, 0.4) is 0 Å². The Balaban J connectivity index is 1.88. The van der Waals surface area contributed by atoms with Gasteiger partial charge in [-0.05, 0) is 28.1 Å². The van der Waals surface area contributed by atoms with E-state index in [1.807, 2.05) is 18.2 Å². The minimum absolute atomic E-state index is 0.146. The number of benzene rings is 1. The van der Waals surface area contributed by atoms with Gasteiger partial charge >= 0.3 is 0 Å². The Kier molecular flexibility index (Phi) is 3.37. The molecule has 0 N–H and O–H groups in total. The minimum atomic E-state index is -0.146. The number of hydrogen-bond acceptors (Lipinski definition) is 3. The number of thioether (sulfide) groups is 1. The summed E-state index contributed by atoms with van der Waals surface area (Å²) >= 11 is 5.20. The molecule has 1 aromatic carbocycles. The van der Waals surface area contributed by atoms with Crippen molar-refractivity contribution in [2.75, 3.05) is 5.75 Å². The first kappa shape index (κ1) is 9.93. The summed E-state index contributed by atoms with van der Waals surface area (Å²) < 4.78 is 11.5. The fourth-order valence-corrected chi connectivity index (χ4v) is 2.55. The molecule has 0 spiro atoms. The second kappa shape index (κ2) is 4.75. The van der Waals surface area contributed by atoms with E-state index in [0.717, 1.165) is 10.2 Å². The standard InChI is InChI=1S/C10H9BrO2S/c11-8-3-1-2-4-9(8)14-7-10-12-5-6-13-10/h1-6,10H,7H2. The Morgan fingerprint density at radius 1 is 1.21 bits per heavy atom. The van der Waals surface area contributed by atoms with Gasteiger partial charge in [-0.25, -0.2) is 0 Å². The van der Waals surface area contributed by atoms with Crippen molar-refractivity contribution in [1.29, 1.82) is 0 Å². The molecule has 14 heavy (non-hydrogen) atoms. The lowest BCUT2D eigenvalue weighted by molar-refractivity contribution is -0.00152. The van der Waals surface area contributed by atoms with Crippen LogP contribution in [0.5, 0.6) is 0 Å². The summed E-state index contributed by atoms with van der Waals surface area (Å²) in [5, 5.41) is 0. The van der Waals surface area contributed by atoms with Crippen LogP contribution in [0.4, 0.5) is 0 Å². The lowest BCUT2D eigenvalue weighted by Crippen LogP contribution is -2.10. The summed E-state index contributed by atoms with van der Waals surface area (Å²) in [6.45, 7) is 0. The molecule has 0 radical (unpaired) electrons. The third kappa shape index (κ3) is 2.45. The molecule has 4 heteroatoms. The first-order valence-corrected chi connectivity index (χ1v) is 5.97. The van der Waals surface area contributed by atoms with Crippen molar-refractivity contribution in [3.8, 4) is 0 Å². The van der Waals surface area contributed by atoms with Gasteiger partial charge in [-0.1, -0.05) is 12.1 Å². The molecule has 0 amide bonds. The Labute approximate surface area is 95.4 Å². The molecular formula is C10H9BrO2S. The zero-order chi connectivity index (χ0) is 9.80. The van der Waals surface area contributed by atoms with E-state index in [1.54, 1.807) is 24.3 Å². The summed E-state index contributed by atoms with van der Waals surface area (Å²) in [7, 11) is 0. The van der Waals surface area contributed by atoms with E-state index >= 15 is 0 Å². The van der Waals surface area contributed by atoms with Gasteiger partial charge in [-0.3, -0.25) is 0 Å². The van der Waals surface area contributed by atoms with Gasteiger partial charge in [-0.15, -0.1) is 11.8 Å². The van der Waals surface area contributed by atoms with E-state index in [0.29, 0.717) is 0 Å². The maximum absolute atomic E-state index is 5.18. The molecule has 0 atom stereocenters. The smallest absolute Gasteiger partial charge is 0.248 e. The number of hydrogen-bond donors (Lipinski definition) is 0. The molecule has 0 saturated carbocycles. The molecule has 0 unspecified atom stereocenters. The Bertz CT molecular complexity index is 333. The highest BCUT2D eigenvalue weighted by atomic mass is 79.9. The zero-order valence-corrected chi connectivity index (χ0v) is 9.75. The van der Waals surface area contributed by atoms with Gasteiger partial charge in [0.2, 0.25) is 6.29 Å². The third-order valence-electron chi connectivity index (χ3n) is 1.73. The molecule has 0 bridgehead atoms. The third-order valence-corrected chi connectivity index (χ3v) is 3.79. The molecule has 0 fully saturated rings. The molecule has 0 aliphatic carbocycles. The molecule has 2 nitrogen and oxygen atoms in total. The van der Waals surface area contributed by atoms with Crippen LogP contribution < -0.4 is 0 Å². The van der Waals surface area contributed by atoms with E-state index in [1.165, 1.54) is 4.90 Å². The van der Waals surface area contributed by atoms with Gasteiger partial charge in [0.05, 0.1) is 5.75 Å². The minimum Gasteiger partial charge on any atom is -0.458 e. The lowest BCUT2D eigenvalue weighted by atomic mass is 10.4. The largest absolute Gasteiger partial charge is 0.458 e. The SMILES string of the molecule is Brc1ccccc1SCC1OC=CO1. The van der Waals surface area contributed by atoms with E-state index in [4.69, 9.17) is 9.47 Å². The molecule has 0 saturated heterocycles. The van der Waals surface area contributed by atoms with E-state index in [9.17, 15) is 0 Å². The van der Waals surface area contributed by atoms with Gasteiger partial charge in [0, 0.05) is 9.37 Å². The van der Waals surface area contributed by atoms with E-state index in [2.05, 4.69) is 22.0 Å². The average Bonchev–Trinajstić information content (AvgIpc) is 2.69. The fraction of sp³-hybridized carbons (Fsp3) is 0.200. The van der Waals surface area contributed by atoms with Gasteiger partial charge in [-0.2, -0.15) is 0 Å². The first-order chi connectivity index (χ1) is 6.86. The van der Waals surface area contributed by atoms with Crippen LogP contribution in [0.2, 0.25) is 0 Å². The Morgan fingerprint density at radius 3 is 2.64 bits per heavy atom. The van der Waals surface area contributed by atoms with Crippen molar-refractivity contribution in [2.24, 2.45) is 0 Å². The Hall–Kier alpha value is -0.610. The highest BCUT2D eigenvalue weighted by Crippen LogP contribution is 2.28. The van der Waals surface area contributed by atoms with Crippen LogP contribution in [0, 0.1) is 0 Å². The topological polar surface area (TPSA) is 18.5 Å². The summed E-state index contributed by atoms with van der Waals surface area (Å²) in [6.07, 6.45) is 3.00. The van der Waals surface area contributed by atoms with Crippen molar-refractivity contribution >= 4 is 27.7 Å². The van der Waals surface area contributed by atoms with Crippen LogP contribution in [0.15, 0.2) is 46.2 Å². The molecule has 74 valence electrons. The normalized spacial score (nSPS) is 15.2. The van der Waals surface area contributed by atoms with Crippen molar-refractivity contribution in [2.45, 2.75) is 11.2 Å². The maximum Gasteiger partial charge on any atom is 0.248 e. The summed E-state index contributed by atoms with van der Waals surface area (Å²) in [6, 6.07) is 8.11. The van der Waals surface area contributed by atoms with Gasteiger partial charge in [0.15, 0.2) is 0 Å². The summed E-state index contributed by atoms with van der Waals surface area (Å²) in [5.74, 6) is 0.787. The van der Waals surface area contributed by atoms with Crippen LogP contribution in [0.25, 0.3) is 0 Å². The summed E-state index contributed by atoms with van der Waals surface area (Å²) in [5.41, 5.74) is 0. The second-order valence-electron chi connectivity index (χ2n) is 2.72. The number of rotatable bonds is 3. The summed E-state index contributed by atoms with van der Waals surface area (Å²) in [4.78, 5) is 1.20. The van der Waals surface area contributed by atoms with Gasteiger partial charge < -0.3 is 9.47 Å². The fourth-order valence-electron chi connectivity index (χ4n) is 1.07. The Morgan fingerprint density at radius 2 is 1.93 bits per heavy atom. The predicted octanol–water partition coefficient (Wildman–Crippen LogP) is 3.39. The molecule has 1 aliphatic heterocycles. The van der Waals surface area contributed by atoms with Gasteiger partial charge in [0.1, 0.15) is 12.5 Å². The first-order valence-electron chi connectivity index (χ1n) is 4.19. The van der Waals surface area contributed by atoms with Crippen molar-refractivity contribution < 1.29 is 9.47 Å². The molecule has 2 rings (SSSR count).